The lowest BCUT2D eigenvalue weighted by atomic mass is 10.0. The molecule has 22 heavy (non-hydrogen) atoms. The predicted molar refractivity (Wildman–Crippen MR) is 89.4 cm³/mol. The first-order chi connectivity index (χ1) is 10.8. The van der Waals surface area contributed by atoms with E-state index in [1.165, 1.54) is 0 Å². The van der Waals surface area contributed by atoms with Crippen molar-refractivity contribution in [1.29, 1.82) is 0 Å². The van der Waals surface area contributed by atoms with Gasteiger partial charge in [0, 0.05) is 20.1 Å². The zero-order valence-electron chi connectivity index (χ0n) is 12.7. The Morgan fingerprint density at radius 2 is 1.59 bits per heavy atom. The summed E-state index contributed by atoms with van der Waals surface area (Å²) in [5.74, 6) is 0. The molecule has 2 aromatic rings. The van der Waals surface area contributed by atoms with Crippen LogP contribution in [0.1, 0.15) is 17.2 Å². The maximum absolute atomic E-state index is 12.3. The summed E-state index contributed by atoms with van der Waals surface area (Å²) in [5.41, 5.74) is 2.28. The number of urea groups is 1. The zero-order valence-corrected chi connectivity index (χ0v) is 12.7. The van der Waals surface area contributed by atoms with E-state index in [0.717, 1.165) is 24.2 Å². The molecule has 1 aliphatic heterocycles. The number of hydrogen-bond donors (Lipinski definition) is 0. The summed E-state index contributed by atoms with van der Waals surface area (Å²) in [6, 6.07) is 20.4. The molecule has 0 bridgehead atoms. The third-order valence-electron chi connectivity index (χ3n) is 4.00. The van der Waals surface area contributed by atoms with E-state index in [0.29, 0.717) is 0 Å². The Balaban J connectivity index is 1.90. The highest BCUT2D eigenvalue weighted by Gasteiger charge is 2.30. The highest BCUT2D eigenvalue weighted by molar-refractivity contribution is 5.77. The molecule has 1 fully saturated rings. The Kier molecular flexibility index (Phi) is 4.24. The molecular formula is C19H20N2O. The lowest BCUT2D eigenvalue weighted by molar-refractivity contribution is 0.191. The van der Waals surface area contributed by atoms with Crippen molar-refractivity contribution in [2.24, 2.45) is 0 Å². The van der Waals surface area contributed by atoms with Crippen LogP contribution in [0.5, 0.6) is 0 Å². The van der Waals surface area contributed by atoms with Gasteiger partial charge in [0.05, 0.1) is 6.04 Å². The Labute approximate surface area is 131 Å². The van der Waals surface area contributed by atoms with Crippen LogP contribution in [0.25, 0.3) is 6.08 Å². The average Bonchev–Trinajstić information content (AvgIpc) is 2.90. The van der Waals surface area contributed by atoms with E-state index in [9.17, 15) is 4.79 Å². The third kappa shape index (κ3) is 3.03. The van der Waals surface area contributed by atoms with Gasteiger partial charge >= 0.3 is 6.03 Å². The van der Waals surface area contributed by atoms with Crippen LogP contribution in [-0.4, -0.2) is 36.0 Å². The lowest BCUT2D eigenvalue weighted by Gasteiger charge is -2.25. The number of carbonyl (C=O) groups excluding carboxylic acids is 1. The van der Waals surface area contributed by atoms with Gasteiger partial charge in [0.25, 0.3) is 0 Å². The van der Waals surface area contributed by atoms with E-state index in [4.69, 9.17) is 0 Å². The summed E-state index contributed by atoms with van der Waals surface area (Å²) >= 11 is 0. The molecule has 0 aromatic heterocycles. The molecule has 112 valence electrons. The van der Waals surface area contributed by atoms with E-state index < -0.39 is 0 Å². The molecule has 0 N–H and O–H groups in total. The Morgan fingerprint density at radius 1 is 0.955 bits per heavy atom. The molecule has 1 unspecified atom stereocenters. The van der Waals surface area contributed by atoms with Crippen molar-refractivity contribution in [2.75, 3.05) is 20.1 Å². The number of carbonyl (C=O) groups is 1. The second kappa shape index (κ2) is 6.48. The summed E-state index contributed by atoms with van der Waals surface area (Å²) in [6.07, 6.45) is 4.20. The molecule has 2 aromatic carbocycles. The fourth-order valence-electron chi connectivity index (χ4n) is 2.74. The van der Waals surface area contributed by atoms with Crippen LogP contribution >= 0.6 is 0 Å². The minimum atomic E-state index is -0.0288. The summed E-state index contributed by atoms with van der Waals surface area (Å²) in [7, 11) is 1.85. The van der Waals surface area contributed by atoms with Gasteiger partial charge in [0.1, 0.15) is 0 Å². The molecule has 3 nitrogen and oxygen atoms in total. The summed E-state index contributed by atoms with van der Waals surface area (Å²) in [5, 5.41) is 0. The molecule has 1 aliphatic rings. The van der Waals surface area contributed by atoms with Crippen molar-refractivity contribution in [2.45, 2.75) is 6.04 Å². The van der Waals surface area contributed by atoms with Gasteiger partial charge in [0.2, 0.25) is 0 Å². The van der Waals surface area contributed by atoms with E-state index in [1.54, 1.807) is 4.90 Å². The normalized spacial score (nSPS) is 16.5. The van der Waals surface area contributed by atoms with Crippen LogP contribution in [0.4, 0.5) is 4.79 Å². The second-order valence-electron chi connectivity index (χ2n) is 5.52. The van der Waals surface area contributed by atoms with Crippen LogP contribution in [-0.2, 0) is 0 Å². The van der Waals surface area contributed by atoms with Crippen LogP contribution in [0.15, 0.2) is 66.7 Å². The minimum absolute atomic E-state index is 0.0288. The number of likely N-dealkylation sites (N-methyl/N-ethyl adjacent to an activating group) is 1. The van der Waals surface area contributed by atoms with Crippen molar-refractivity contribution in [1.82, 2.24) is 9.80 Å². The van der Waals surface area contributed by atoms with Crippen LogP contribution in [0.2, 0.25) is 0 Å². The first kappa shape index (κ1) is 14.4. The summed E-state index contributed by atoms with van der Waals surface area (Å²) in [6.45, 7) is 1.54. The van der Waals surface area contributed by atoms with Crippen molar-refractivity contribution < 1.29 is 4.79 Å². The number of benzene rings is 2. The lowest BCUT2D eigenvalue weighted by Crippen LogP contribution is -2.32. The van der Waals surface area contributed by atoms with Gasteiger partial charge in [-0.2, -0.15) is 0 Å². The molecule has 3 heteroatoms. The van der Waals surface area contributed by atoms with Gasteiger partial charge in [-0.05, 0) is 11.1 Å². The standard InChI is InChI=1S/C19H20N2O/c1-20-14-15-21(19(20)22)18(17-10-6-3-7-11-17)13-12-16-8-4-2-5-9-16/h2-13,18H,14-15H2,1H3/b13-12+. The molecule has 1 atom stereocenters. The van der Waals surface area contributed by atoms with Gasteiger partial charge in [-0.3, -0.25) is 0 Å². The van der Waals surface area contributed by atoms with Crippen LogP contribution in [0, 0.1) is 0 Å². The molecular weight excluding hydrogens is 272 g/mol. The molecule has 0 saturated carbocycles. The Morgan fingerprint density at radius 3 is 2.18 bits per heavy atom. The van der Waals surface area contributed by atoms with Crippen molar-refractivity contribution in [3.05, 3.63) is 77.9 Å². The average molecular weight is 292 g/mol. The first-order valence-corrected chi connectivity index (χ1v) is 7.55. The largest absolute Gasteiger partial charge is 0.326 e. The predicted octanol–water partition coefficient (Wildman–Crippen LogP) is 3.81. The molecule has 0 radical (unpaired) electrons. The second-order valence-corrected chi connectivity index (χ2v) is 5.52. The van der Waals surface area contributed by atoms with Gasteiger partial charge in [0.15, 0.2) is 0 Å². The van der Waals surface area contributed by atoms with Gasteiger partial charge in [-0.15, -0.1) is 0 Å². The molecule has 0 spiro atoms. The molecule has 0 aliphatic carbocycles. The SMILES string of the molecule is CN1CCN(C(/C=C/c2ccccc2)c2ccccc2)C1=O. The number of rotatable bonds is 4. The van der Waals surface area contributed by atoms with E-state index in [1.807, 2.05) is 48.3 Å². The van der Waals surface area contributed by atoms with Crippen LogP contribution in [0.3, 0.4) is 0 Å². The minimum Gasteiger partial charge on any atom is -0.326 e. The summed E-state index contributed by atoms with van der Waals surface area (Å²) < 4.78 is 0. The quantitative estimate of drug-likeness (QED) is 0.840. The maximum Gasteiger partial charge on any atom is 0.320 e. The van der Waals surface area contributed by atoms with E-state index in [-0.39, 0.29) is 12.1 Å². The fraction of sp³-hybridized carbons (Fsp3) is 0.211. The smallest absolute Gasteiger partial charge is 0.320 e. The molecule has 1 heterocycles. The highest BCUT2D eigenvalue weighted by Crippen LogP contribution is 2.26. The van der Waals surface area contributed by atoms with Crippen LogP contribution < -0.4 is 0 Å². The van der Waals surface area contributed by atoms with Gasteiger partial charge < -0.3 is 9.80 Å². The molecule has 1 saturated heterocycles. The number of nitrogens with zero attached hydrogens (tertiary/aromatic N) is 2. The van der Waals surface area contributed by atoms with Gasteiger partial charge in [-0.1, -0.05) is 72.8 Å². The fourth-order valence-corrected chi connectivity index (χ4v) is 2.74. The van der Waals surface area contributed by atoms with Crippen molar-refractivity contribution >= 4 is 12.1 Å². The summed E-state index contributed by atoms with van der Waals surface area (Å²) in [4.78, 5) is 16.0. The van der Waals surface area contributed by atoms with E-state index in [2.05, 4.69) is 36.4 Å². The monoisotopic (exact) mass is 292 g/mol. The maximum atomic E-state index is 12.3. The topological polar surface area (TPSA) is 23.6 Å². The Hall–Kier alpha value is -2.55. The van der Waals surface area contributed by atoms with E-state index >= 15 is 0 Å². The van der Waals surface area contributed by atoms with Crippen molar-refractivity contribution in [3.8, 4) is 0 Å². The number of hydrogen-bond acceptors (Lipinski definition) is 1. The zero-order chi connectivity index (χ0) is 15.4. The first-order valence-electron chi connectivity index (χ1n) is 7.55. The Bertz CT molecular complexity index is 652. The molecule has 2 amide bonds. The van der Waals surface area contributed by atoms with Crippen molar-refractivity contribution in [3.63, 3.8) is 0 Å². The van der Waals surface area contributed by atoms with Gasteiger partial charge in [-0.25, -0.2) is 4.79 Å². The molecule has 3 rings (SSSR count). The third-order valence-corrected chi connectivity index (χ3v) is 4.00. The number of amides is 2. The highest BCUT2D eigenvalue weighted by atomic mass is 16.2.